The molecular weight excluding hydrogens is 232 g/mol. The topological polar surface area (TPSA) is 78.4 Å². The molecule has 5 heteroatoms. The highest BCUT2D eigenvalue weighted by molar-refractivity contribution is 5.81. The second-order valence-corrected chi connectivity index (χ2v) is 5.57. The van der Waals surface area contributed by atoms with Crippen molar-refractivity contribution in [2.24, 2.45) is 11.3 Å². The zero-order valence-corrected chi connectivity index (χ0v) is 10.7. The van der Waals surface area contributed by atoms with Crippen LogP contribution in [0.1, 0.15) is 38.5 Å². The molecule has 5 nitrogen and oxygen atoms in total. The third-order valence-electron chi connectivity index (χ3n) is 4.27. The summed E-state index contributed by atoms with van der Waals surface area (Å²) in [6.45, 7) is 1.72. The average Bonchev–Trinajstić information content (AvgIpc) is 2.50. The monoisotopic (exact) mass is 254 g/mol. The van der Waals surface area contributed by atoms with Crippen LogP contribution >= 0.6 is 0 Å². The summed E-state index contributed by atoms with van der Waals surface area (Å²) in [6.07, 6.45) is 5.49. The van der Waals surface area contributed by atoms with Crippen LogP contribution in [-0.2, 0) is 9.59 Å². The van der Waals surface area contributed by atoms with E-state index in [1.165, 1.54) is 0 Å². The van der Waals surface area contributed by atoms with Gasteiger partial charge in [0.2, 0.25) is 5.91 Å². The zero-order chi connectivity index (χ0) is 13.0. The van der Waals surface area contributed by atoms with Crippen molar-refractivity contribution in [1.29, 1.82) is 0 Å². The summed E-state index contributed by atoms with van der Waals surface area (Å²) in [5.74, 6) is -0.725. The molecule has 1 aliphatic heterocycles. The van der Waals surface area contributed by atoms with E-state index in [2.05, 4.69) is 10.6 Å². The Bertz CT molecular complexity index is 318. The first-order chi connectivity index (χ1) is 8.64. The van der Waals surface area contributed by atoms with Gasteiger partial charge in [-0.2, -0.15) is 0 Å². The molecule has 0 spiro atoms. The zero-order valence-electron chi connectivity index (χ0n) is 10.7. The fraction of sp³-hybridized carbons (Fsp3) is 0.846. The highest BCUT2D eigenvalue weighted by Gasteiger charge is 2.39. The van der Waals surface area contributed by atoms with E-state index in [4.69, 9.17) is 0 Å². The van der Waals surface area contributed by atoms with Gasteiger partial charge in [-0.05, 0) is 12.8 Å². The first kappa shape index (κ1) is 13.3. The molecule has 2 fully saturated rings. The van der Waals surface area contributed by atoms with E-state index in [0.717, 1.165) is 25.7 Å². The van der Waals surface area contributed by atoms with Gasteiger partial charge in [0.25, 0.3) is 0 Å². The van der Waals surface area contributed by atoms with Crippen LogP contribution in [0.3, 0.4) is 0 Å². The van der Waals surface area contributed by atoms with E-state index in [1.807, 2.05) is 0 Å². The summed E-state index contributed by atoms with van der Waals surface area (Å²) in [7, 11) is 0. The molecule has 1 saturated carbocycles. The fourth-order valence-electron chi connectivity index (χ4n) is 2.75. The van der Waals surface area contributed by atoms with Crippen LogP contribution in [0.5, 0.6) is 0 Å². The summed E-state index contributed by atoms with van der Waals surface area (Å²) in [5.41, 5.74) is -0.733. The minimum atomic E-state index is -0.753. The second-order valence-electron chi connectivity index (χ2n) is 5.57. The van der Waals surface area contributed by atoms with Crippen molar-refractivity contribution in [2.75, 3.05) is 19.6 Å². The molecule has 2 rings (SSSR count). The molecule has 0 unspecified atom stereocenters. The van der Waals surface area contributed by atoms with Gasteiger partial charge < -0.3 is 15.7 Å². The van der Waals surface area contributed by atoms with Gasteiger partial charge >= 0.3 is 5.97 Å². The summed E-state index contributed by atoms with van der Waals surface area (Å²) >= 11 is 0. The predicted octanol–water partition coefficient (Wildman–Crippen LogP) is 0.747. The van der Waals surface area contributed by atoms with Gasteiger partial charge in [0, 0.05) is 19.6 Å². The molecule has 2 aliphatic rings. The standard InChI is InChI=1S/C13H22N2O3/c16-11(10-7-14-8-10)15-9-13(12(17)18)5-3-1-2-4-6-13/h10,14H,1-9H2,(H,15,16)(H,17,18). The predicted molar refractivity (Wildman–Crippen MR) is 67.1 cm³/mol. The van der Waals surface area contributed by atoms with Crippen LogP contribution in [0.15, 0.2) is 0 Å². The number of carbonyl (C=O) groups is 2. The van der Waals surface area contributed by atoms with Crippen molar-refractivity contribution in [3.8, 4) is 0 Å². The third-order valence-corrected chi connectivity index (χ3v) is 4.27. The molecule has 18 heavy (non-hydrogen) atoms. The minimum absolute atomic E-state index is 0.00128. The Balaban J connectivity index is 1.92. The lowest BCUT2D eigenvalue weighted by atomic mass is 9.80. The molecule has 0 bridgehead atoms. The number of aliphatic carboxylic acids is 1. The van der Waals surface area contributed by atoms with Crippen LogP contribution in [0, 0.1) is 11.3 Å². The molecule has 0 aromatic carbocycles. The lowest BCUT2D eigenvalue weighted by Crippen LogP contribution is -2.53. The Morgan fingerprint density at radius 3 is 2.22 bits per heavy atom. The molecule has 0 aromatic rings. The Morgan fingerprint density at radius 1 is 1.17 bits per heavy atom. The highest BCUT2D eigenvalue weighted by atomic mass is 16.4. The number of carboxylic acid groups (broad SMARTS) is 1. The summed E-state index contributed by atoms with van der Waals surface area (Å²) in [5, 5.41) is 15.4. The first-order valence-corrected chi connectivity index (χ1v) is 6.86. The lowest BCUT2D eigenvalue weighted by molar-refractivity contribution is -0.150. The molecule has 0 atom stereocenters. The van der Waals surface area contributed by atoms with Gasteiger partial charge in [-0.3, -0.25) is 9.59 Å². The maximum Gasteiger partial charge on any atom is 0.311 e. The highest BCUT2D eigenvalue weighted by Crippen LogP contribution is 2.34. The first-order valence-electron chi connectivity index (χ1n) is 6.86. The molecule has 1 saturated heterocycles. The van der Waals surface area contributed by atoms with Gasteiger partial charge in [0.15, 0.2) is 0 Å². The van der Waals surface area contributed by atoms with Crippen LogP contribution < -0.4 is 10.6 Å². The molecule has 0 radical (unpaired) electrons. The number of nitrogens with one attached hydrogen (secondary N) is 2. The maximum absolute atomic E-state index is 11.8. The molecule has 3 N–H and O–H groups in total. The summed E-state index contributed by atoms with van der Waals surface area (Å²) in [6, 6.07) is 0. The van der Waals surface area contributed by atoms with Crippen molar-refractivity contribution in [3.05, 3.63) is 0 Å². The average molecular weight is 254 g/mol. The fourth-order valence-corrected chi connectivity index (χ4v) is 2.75. The second kappa shape index (κ2) is 5.69. The van der Waals surface area contributed by atoms with E-state index in [1.54, 1.807) is 0 Å². The number of amides is 1. The molecule has 0 aromatic heterocycles. The Hall–Kier alpha value is -1.10. The van der Waals surface area contributed by atoms with Crippen LogP contribution in [0.4, 0.5) is 0 Å². The number of carboxylic acids is 1. The summed E-state index contributed by atoms with van der Waals surface area (Å²) in [4.78, 5) is 23.3. The lowest BCUT2D eigenvalue weighted by Gasteiger charge is -2.31. The van der Waals surface area contributed by atoms with E-state index in [0.29, 0.717) is 25.9 Å². The quantitative estimate of drug-likeness (QED) is 0.647. The van der Waals surface area contributed by atoms with Crippen molar-refractivity contribution in [3.63, 3.8) is 0 Å². The van der Waals surface area contributed by atoms with E-state index in [-0.39, 0.29) is 18.4 Å². The van der Waals surface area contributed by atoms with Crippen LogP contribution in [-0.4, -0.2) is 36.6 Å². The van der Waals surface area contributed by atoms with Gasteiger partial charge in [-0.1, -0.05) is 25.7 Å². The van der Waals surface area contributed by atoms with Crippen LogP contribution in [0.25, 0.3) is 0 Å². The third kappa shape index (κ3) is 2.83. The normalized spacial score (nSPS) is 23.8. The number of rotatable bonds is 4. The molecule has 1 aliphatic carbocycles. The number of hydrogen-bond acceptors (Lipinski definition) is 3. The van der Waals surface area contributed by atoms with Crippen LogP contribution in [0.2, 0.25) is 0 Å². The summed E-state index contributed by atoms with van der Waals surface area (Å²) < 4.78 is 0. The maximum atomic E-state index is 11.8. The van der Waals surface area contributed by atoms with Gasteiger partial charge in [0.1, 0.15) is 0 Å². The van der Waals surface area contributed by atoms with Crippen molar-refractivity contribution in [2.45, 2.75) is 38.5 Å². The molecule has 102 valence electrons. The SMILES string of the molecule is O=C(NCC1(C(=O)O)CCCCCC1)C1CNC1. The van der Waals surface area contributed by atoms with Gasteiger partial charge in [-0.15, -0.1) is 0 Å². The van der Waals surface area contributed by atoms with Crippen molar-refractivity contribution < 1.29 is 14.7 Å². The van der Waals surface area contributed by atoms with Gasteiger partial charge in [-0.25, -0.2) is 0 Å². The number of carbonyl (C=O) groups excluding carboxylic acids is 1. The van der Waals surface area contributed by atoms with E-state index < -0.39 is 11.4 Å². The minimum Gasteiger partial charge on any atom is -0.481 e. The molecule has 1 amide bonds. The van der Waals surface area contributed by atoms with Crippen molar-refractivity contribution >= 4 is 11.9 Å². The molecular formula is C13H22N2O3. The Morgan fingerprint density at radius 2 is 1.78 bits per heavy atom. The van der Waals surface area contributed by atoms with Crippen molar-refractivity contribution in [1.82, 2.24) is 10.6 Å². The number of hydrogen-bond donors (Lipinski definition) is 3. The Labute approximate surface area is 107 Å². The van der Waals surface area contributed by atoms with E-state index >= 15 is 0 Å². The largest absolute Gasteiger partial charge is 0.481 e. The smallest absolute Gasteiger partial charge is 0.311 e. The molecule has 1 heterocycles. The van der Waals surface area contributed by atoms with Gasteiger partial charge in [0.05, 0.1) is 11.3 Å². The Kier molecular flexibility index (Phi) is 4.22. The van der Waals surface area contributed by atoms with E-state index in [9.17, 15) is 14.7 Å².